The van der Waals surface area contributed by atoms with E-state index in [0.29, 0.717) is 5.69 Å². The first-order valence-electron chi connectivity index (χ1n) is 6.32. The number of nitro benzene ring substituents is 2. The minimum Gasteiger partial charge on any atom is -0.329 e. The highest BCUT2D eigenvalue weighted by Gasteiger charge is 2.37. The molecule has 0 aliphatic rings. The number of benzene rings is 1. The van der Waals surface area contributed by atoms with Gasteiger partial charge >= 0.3 is 6.18 Å². The molecule has 0 radical (unpaired) electrons. The molecule has 2 rings (SSSR count). The summed E-state index contributed by atoms with van der Waals surface area (Å²) in [5, 5.41) is 28.6. The number of halogens is 3. The van der Waals surface area contributed by atoms with Gasteiger partial charge in [0.15, 0.2) is 5.69 Å². The quantitative estimate of drug-likeness (QED) is 0.671. The Morgan fingerprint density at radius 2 is 1.62 bits per heavy atom. The van der Waals surface area contributed by atoms with Crippen molar-refractivity contribution < 1.29 is 23.0 Å². The molecule has 1 aromatic carbocycles. The topological polar surface area (TPSA) is 116 Å². The maximum atomic E-state index is 12.8. The van der Waals surface area contributed by atoms with Crippen LogP contribution in [0.2, 0.25) is 0 Å². The van der Waals surface area contributed by atoms with Crippen LogP contribution in [0.25, 0.3) is 0 Å². The van der Waals surface area contributed by atoms with E-state index in [2.05, 4.69) is 10.4 Å². The highest BCUT2D eigenvalue weighted by atomic mass is 19.4. The van der Waals surface area contributed by atoms with Gasteiger partial charge in [0, 0.05) is 25.2 Å². The Bertz CT molecular complexity index is 796. The molecule has 12 heteroatoms. The van der Waals surface area contributed by atoms with E-state index >= 15 is 0 Å². The molecule has 0 bridgehead atoms. The number of anilines is 2. The molecule has 0 aliphatic heterocycles. The summed E-state index contributed by atoms with van der Waals surface area (Å²) in [7, 11) is 1.47. The van der Waals surface area contributed by atoms with Crippen LogP contribution < -0.4 is 5.32 Å². The molecule has 1 heterocycles. The maximum absolute atomic E-state index is 12.8. The van der Waals surface area contributed by atoms with E-state index in [1.165, 1.54) is 17.8 Å². The van der Waals surface area contributed by atoms with Crippen molar-refractivity contribution in [1.82, 2.24) is 9.78 Å². The summed E-state index contributed by atoms with van der Waals surface area (Å²) in [5.74, 6) is 0.151. The summed E-state index contributed by atoms with van der Waals surface area (Å²) in [6.07, 6.45) is -4.96. The molecule has 1 N–H and O–H groups in total. The lowest BCUT2D eigenvalue weighted by Gasteiger charge is -2.11. The number of aromatic nitrogens is 2. The normalized spacial score (nSPS) is 11.4. The molecule has 1 aromatic heterocycles. The predicted molar refractivity (Wildman–Crippen MR) is 76.0 cm³/mol. The second-order valence-corrected chi connectivity index (χ2v) is 4.82. The van der Waals surface area contributed by atoms with Gasteiger partial charge in [-0.3, -0.25) is 24.9 Å². The van der Waals surface area contributed by atoms with Crippen LogP contribution in [0.1, 0.15) is 11.3 Å². The Hall–Kier alpha value is -3.18. The fraction of sp³-hybridized carbons (Fsp3) is 0.250. The summed E-state index contributed by atoms with van der Waals surface area (Å²) < 4.78 is 39.7. The van der Waals surface area contributed by atoms with Gasteiger partial charge in [0.1, 0.15) is 5.82 Å². The van der Waals surface area contributed by atoms with Crippen LogP contribution in [0.5, 0.6) is 0 Å². The van der Waals surface area contributed by atoms with Crippen molar-refractivity contribution in [3.8, 4) is 0 Å². The number of aryl methyl sites for hydroxylation is 2. The van der Waals surface area contributed by atoms with Gasteiger partial charge < -0.3 is 5.32 Å². The highest BCUT2D eigenvalue weighted by Crippen LogP contribution is 2.42. The molecule has 0 unspecified atom stereocenters. The Morgan fingerprint density at radius 1 is 1.12 bits per heavy atom. The number of nitrogens with zero attached hydrogens (tertiary/aromatic N) is 4. The second-order valence-electron chi connectivity index (χ2n) is 4.82. The van der Waals surface area contributed by atoms with E-state index in [-0.39, 0.29) is 18.0 Å². The molecule has 0 aliphatic carbocycles. The van der Waals surface area contributed by atoms with Crippen LogP contribution in [0, 0.1) is 27.2 Å². The van der Waals surface area contributed by atoms with Crippen LogP contribution in [0.15, 0.2) is 18.2 Å². The largest absolute Gasteiger partial charge is 0.416 e. The van der Waals surface area contributed by atoms with Crippen LogP contribution in [-0.4, -0.2) is 19.6 Å². The molecular formula is C12H10F3N5O4. The summed E-state index contributed by atoms with van der Waals surface area (Å²) in [5.41, 5.74) is -3.74. The standard InChI is InChI=1S/C12H10F3N5O4/c1-6-3-10(18(2)17-6)16-11-8(19(21)22)4-7(12(13,14)15)5-9(11)20(23)24/h3-5,16H,1-2H3. The minimum atomic E-state index is -4.96. The van der Waals surface area contributed by atoms with Crippen molar-refractivity contribution in [2.45, 2.75) is 13.1 Å². The van der Waals surface area contributed by atoms with Crippen LogP contribution >= 0.6 is 0 Å². The molecule has 0 saturated carbocycles. The summed E-state index contributed by atoms with van der Waals surface area (Å²) >= 11 is 0. The van der Waals surface area contributed by atoms with E-state index in [1.54, 1.807) is 6.92 Å². The van der Waals surface area contributed by atoms with Crippen molar-refractivity contribution >= 4 is 22.9 Å². The maximum Gasteiger partial charge on any atom is 0.416 e. The molecule has 0 saturated heterocycles. The molecule has 2 aromatic rings. The van der Waals surface area contributed by atoms with Gasteiger partial charge in [-0.05, 0) is 6.92 Å². The Kier molecular flexibility index (Phi) is 4.14. The van der Waals surface area contributed by atoms with Crippen LogP contribution in [0.4, 0.5) is 36.1 Å². The summed E-state index contributed by atoms with van der Waals surface area (Å²) in [6, 6.07) is 1.93. The number of hydrogen-bond acceptors (Lipinski definition) is 6. The van der Waals surface area contributed by atoms with E-state index in [0.717, 1.165) is 0 Å². The lowest BCUT2D eigenvalue weighted by molar-refractivity contribution is -0.392. The van der Waals surface area contributed by atoms with E-state index in [4.69, 9.17) is 0 Å². The van der Waals surface area contributed by atoms with E-state index in [1.807, 2.05) is 0 Å². The van der Waals surface area contributed by atoms with Gasteiger partial charge in [0.05, 0.1) is 21.1 Å². The molecule has 0 amide bonds. The predicted octanol–water partition coefficient (Wildman–Crippen LogP) is 3.31. The van der Waals surface area contributed by atoms with Gasteiger partial charge in [0.25, 0.3) is 11.4 Å². The molecule has 0 fully saturated rings. The molecule has 0 atom stereocenters. The molecule has 0 spiro atoms. The zero-order valence-corrected chi connectivity index (χ0v) is 12.3. The second kappa shape index (κ2) is 5.79. The third-order valence-electron chi connectivity index (χ3n) is 3.07. The average molecular weight is 345 g/mol. The first-order valence-corrected chi connectivity index (χ1v) is 6.32. The first kappa shape index (κ1) is 17.2. The van der Waals surface area contributed by atoms with Crippen molar-refractivity contribution in [3.63, 3.8) is 0 Å². The zero-order chi connectivity index (χ0) is 18.2. The molecular weight excluding hydrogens is 335 g/mol. The van der Waals surface area contributed by atoms with E-state index < -0.39 is 38.6 Å². The molecule has 9 nitrogen and oxygen atoms in total. The molecule has 24 heavy (non-hydrogen) atoms. The SMILES string of the molecule is Cc1cc(Nc2c([N+](=O)[O-])cc(C(F)(F)F)cc2[N+](=O)[O-])n(C)n1. The number of nitro groups is 2. The third-order valence-corrected chi connectivity index (χ3v) is 3.07. The Balaban J connectivity index is 2.70. The van der Waals surface area contributed by atoms with Gasteiger partial charge in [-0.1, -0.05) is 0 Å². The Morgan fingerprint density at radius 3 is 1.96 bits per heavy atom. The van der Waals surface area contributed by atoms with E-state index in [9.17, 15) is 33.4 Å². The fourth-order valence-electron chi connectivity index (χ4n) is 2.05. The third kappa shape index (κ3) is 3.26. The summed E-state index contributed by atoms with van der Waals surface area (Å²) in [6.45, 7) is 1.61. The number of alkyl halides is 3. The highest BCUT2D eigenvalue weighted by molar-refractivity contribution is 5.79. The zero-order valence-electron chi connectivity index (χ0n) is 12.3. The lowest BCUT2D eigenvalue weighted by atomic mass is 10.1. The minimum absolute atomic E-state index is 0.151. The van der Waals surface area contributed by atoms with Crippen LogP contribution in [-0.2, 0) is 13.2 Å². The molecule has 128 valence electrons. The van der Waals surface area contributed by atoms with Crippen molar-refractivity contribution in [2.24, 2.45) is 7.05 Å². The number of nitrogens with one attached hydrogen (secondary N) is 1. The van der Waals surface area contributed by atoms with Gasteiger partial charge in [-0.25, -0.2) is 0 Å². The monoisotopic (exact) mass is 345 g/mol. The average Bonchev–Trinajstić information content (AvgIpc) is 2.75. The smallest absolute Gasteiger partial charge is 0.329 e. The lowest BCUT2D eigenvalue weighted by Crippen LogP contribution is -2.10. The van der Waals surface area contributed by atoms with Gasteiger partial charge in [-0.2, -0.15) is 18.3 Å². The first-order chi connectivity index (χ1) is 11.0. The number of rotatable bonds is 4. The number of hydrogen-bond donors (Lipinski definition) is 1. The summed E-state index contributed by atoms with van der Waals surface area (Å²) in [4.78, 5) is 20.0. The van der Waals surface area contributed by atoms with Gasteiger partial charge in [0.2, 0.25) is 0 Å². The van der Waals surface area contributed by atoms with Crippen LogP contribution in [0.3, 0.4) is 0 Å². The van der Waals surface area contributed by atoms with Crippen molar-refractivity contribution in [2.75, 3.05) is 5.32 Å². The van der Waals surface area contributed by atoms with Crippen molar-refractivity contribution in [3.05, 3.63) is 49.7 Å². The Labute approximate surface area is 132 Å². The fourth-order valence-corrected chi connectivity index (χ4v) is 2.05. The van der Waals surface area contributed by atoms with Crippen molar-refractivity contribution in [1.29, 1.82) is 0 Å². The van der Waals surface area contributed by atoms with Gasteiger partial charge in [-0.15, -0.1) is 0 Å².